The summed E-state index contributed by atoms with van der Waals surface area (Å²) in [6.45, 7) is 4.95. The number of halogens is 3. The monoisotopic (exact) mass is 419 g/mol. The third-order valence-corrected chi connectivity index (χ3v) is 4.10. The SMILES string of the molecule is CC(C)OCCCNC(=O)CSc1nnnn1-c1ccc(OC(F)(F)F)cc1. The largest absolute Gasteiger partial charge is 0.573 e. The minimum Gasteiger partial charge on any atom is -0.406 e. The molecule has 0 atom stereocenters. The quantitative estimate of drug-likeness (QED) is 0.468. The molecule has 1 heterocycles. The summed E-state index contributed by atoms with van der Waals surface area (Å²) in [6.07, 6.45) is -3.90. The number of nitrogens with zero attached hydrogens (tertiary/aromatic N) is 4. The average Bonchev–Trinajstić information content (AvgIpc) is 3.07. The number of nitrogens with one attached hydrogen (secondary N) is 1. The molecule has 0 aliphatic rings. The van der Waals surface area contributed by atoms with Crippen molar-refractivity contribution in [3.8, 4) is 11.4 Å². The second kappa shape index (κ2) is 10.3. The minimum atomic E-state index is -4.76. The second-order valence-corrected chi connectivity index (χ2v) is 6.77. The molecule has 0 saturated heterocycles. The highest BCUT2D eigenvalue weighted by atomic mass is 32.2. The average molecular weight is 419 g/mol. The van der Waals surface area contributed by atoms with E-state index in [0.29, 0.717) is 30.4 Å². The van der Waals surface area contributed by atoms with E-state index in [1.807, 2.05) is 13.8 Å². The summed E-state index contributed by atoms with van der Waals surface area (Å²) in [4.78, 5) is 11.9. The van der Waals surface area contributed by atoms with Crippen molar-refractivity contribution in [1.82, 2.24) is 25.5 Å². The Bertz CT molecular complexity index is 753. The van der Waals surface area contributed by atoms with Gasteiger partial charge in [-0.25, -0.2) is 0 Å². The molecule has 1 aromatic heterocycles. The Balaban J connectivity index is 1.84. The summed E-state index contributed by atoms with van der Waals surface area (Å²) in [6, 6.07) is 5.09. The lowest BCUT2D eigenvalue weighted by molar-refractivity contribution is -0.274. The maximum Gasteiger partial charge on any atom is 0.573 e. The molecule has 0 saturated carbocycles. The van der Waals surface area contributed by atoms with Gasteiger partial charge in [0.2, 0.25) is 11.1 Å². The Morgan fingerprint density at radius 2 is 2.00 bits per heavy atom. The van der Waals surface area contributed by atoms with E-state index in [0.717, 1.165) is 23.9 Å². The Labute approximate surface area is 163 Å². The fourth-order valence-electron chi connectivity index (χ4n) is 2.02. The zero-order valence-electron chi connectivity index (χ0n) is 15.3. The van der Waals surface area contributed by atoms with Crippen LogP contribution in [-0.4, -0.2) is 57.5 Å². The van der Waals surface area contributed by atoms with Crippen molar-refractivity contribution in [1.29, 1.82) is 0 Å². The Morgan fingerprint density at radius 1 is 1.29 bits per heavy atom. The number of thioether (sulfide) groups is 1. The molecule has 0 unspecified atom stereocenters. The number of alkyl halides is 3. The fourth-order valence-corrected chi connectivity index (χ4v) is 2.74. The maximum absolute atomic E-state index is 12.2. The molecule has 0 radical (unpaired) electrons. The van der Waals surface area contributed by atoms with Crippen LogP contribution in [0.15, 0.2) is 29.4 Å². The zero-order valence-corrected chi connectivity index (χ0v) is 16.1. The molecule has 154 valence electrons. The molecule has 0 aliphatic heterocycles. The van der Waals surface area contributed by atoms with E-state index < -0.39 is 6.36 Å². The van der Waals surface area contributed by atoms with Crippen LogP contribution in [0, 0.1) is 0 Å². The highest BCUT2D eigenvalue weighted by Gasteiger charge is 2.31. The smallest absolute Gasteiger partial charge is 0.406 e. The van der Waals surface area contributed by atoms with E-state index in [1.54, 1.807) is 0 Å². The van der Waals surface area contributed by atoms with E-state index in [-0.39, 0.29) is 23.5 Å². The van der Waals surface area contributed by atoms with Crippen LogP contribution in [-0.2, 0) is 9.53 Å². The van der Waals surface area contributed by atoms with E-state index in [2.05, 4.69) is 25.6 Å². The number of hydrogen-bond donors (Lipinski definition) is 1. The van der Waals surface area contributed by atoms with Crippen LogP contribution in [0.25, 0.3) is 5.69 Å². The van der Waals surface area contributed by atoms with Gasteiger partial charge in [-0.2, -0.15) is 4.68 Å². The minimum absolute atomic E-state index is 0.0979. The lowest BCUT2D eigenvalue weighted by Crippen LogP contribution is -2.27. The normalized spacial score (nSPS) is 11.6. The third kappa shape index (κ3) is 7.72. The van der Waals surface area contributed by atoms with Crippen LogP contribution in [0.2, 0.25) is 0 Å². The van der Waals surface area contributed by atoms with Gasteiger partial charge in [0.25, 0.3) is 0 Å². The van der Waals surface area contributed by atoms with E-state index in [4.69, 9.17) is 4.74 Å². The molecule has 0 spiro atoms. The van der Waals surface area contributed by atoms with Crippen molar-refractivity contribution < 1.29 is 27.4 Å². The van der Waals surface area contributed by atoms with E-state index in [9.17, 15) is 18.0 Å². The van der Waals surface area contributed by atoms with Crippen molar-refractivity contribution in [2.45, 2.75) is 37.9 Å². The topological polar surface area (TPSA) is 91.2 Å². The number of rotatable bonds is 10. The summed E-state index contributed by atoms with van der Waals surface area (Å²) in [7, 11) is 0. The molecule has 1 N–H and O–H groups in total. The fraction of sp³-hybridized carbons (Fsp3) is 0.500. The molecule has 8 nitrogen and oxygen atoms in total. The number of carbonyl (C=O) groups excluding carboxylic acids is 1. The van der Waals surface area contributed by atoms with Crippen LogP contribution in [0.4, 0.5) is 13.2 Å². The van der Waals surface area contributed by atoms with Gasteiger partial charge in [0, 0.05) is 13.2 Å². The maximum atomic E-state index is 12.2. The number of tetrazole rings is 1. The lowest BCUT2D eigenvalue weighted by Gasteiger charge is -2.10. The first-order chi connectivity index (χ1) is 13.2. The Morgan fingerprint density at radius 3 is 2.64 bits per heavy atom. The molecule has 0 aliphatic carbocycles. The van der Waals surface area contributed by atoms with Gasteiger partial charge in [-0.05, 0) is 55.0 Å². The summed E-state index contributed by atoms with van der Waals surface area (Å²) >= 11 is 1.11. The highest BCUT2D eigenvalue weighted by molar-refractivity contribution is 7.99. The number of carbonyl (C=O) groups is 1. The van der Waals surface area contributed by atoms with Gasteiger partial charge in [0.15, 0.2) is 0 Å². The standard InChI is InChI=1S/C16H20F3N5O3S/c1-11(2)26-9-3-8-20-14(25)10-28-15-21-22-23-24(15)12-4-6-13(7-5-12)27-16(17,18)19/h4-7,11H,3,8-10H2,1-2H3,(H,20,25). The number of hydrogen-bond acceptors (Lipinski definition) is 7. The van der Waals surface area contributed by atoms with Gasteiger partial charge >= 0.3 is 6.36 Å². The first kappa shape index (κ1) is 22.0. The number of ether oxygens (including phenoxy) is 2. The van der Waals surface area contributed by atoms with Crippen LogP contribution in [0.3, 0.4) is 0 Å². The van der Waals surface area contributed by atoms with Crippen LogP contribution in [0.5, 0.6) is 5.75 Å². The van der Waals surface area contributed by atoms with E-state index >= 15 is 0 Å². The molecule has 28 heavy (non-hydrogen) atoms. The molecule has 2 aromatic rings. The number of amides is 1. The Hall–Kier alpha value is -2.34. The lowest BCUT2D eigenvalue weighted by atomic mass is 10.3. The van der Waals surface area contributed by atoms with Gasteiger partial charge in [-0.15, -0.1) is 18.3 Å². The second-order valence-electron chi connectivity index (χ2n) is 5.83. The molecule has 1 amide bonds. The Kier molecular flexibility index (Phi) is 8.05. The van der Waals surface area contributed by atoms with Crippen LogP contribution < -0.4 is 10.1 Å². The third-order valence-electron chi connectivity index (χ3n) is 3.18. The van der Waals surface area contributed by atoms with Gasteiger partial charge in [-0.3, -0.25) is 4.79 Å². The summed E-state index contributed by atoms with van der Waals surface area (Å²) in [5.41, 5.74) is 0.438. The van der Waals surface area contributed by atoms with Gasteiger partial charge in [-0.1, -0.05) is 11.8 Å². The number of aromatic nitrogens is 4. The summed E-state index contributed by atoms with van der Waals surface area (Å²) in [5.74, 6) is -0.432. The van der Waals surface area contributed by atoms with Gasteiger partial charge in [0.1, 0.15) is 5.75 Å². The van der Waals surface area contributed by atoms with E-state index in [1.165, 1.54) is 16.8 Å². The molecule has 12 heteroatoms. The van der Waals surface area contributed by atoms with Crippen LogP contribution in [0.1, 0.15) is 20.3 Å². The van der Waals surface area contributed by atoms with Crippen molar-refractivity contribution in [2.75, 3.05) is 18.9 Å². The molecule has 0 bridgehead atoms. The predicted octanol–water partition coefficient (Wildman–Crippen LogP) is 2.58. The van der Waals surface area contributed by atoms with Crippen molar-refractivity contribution >= 4 is 17.7 Å². The first-order valence-corrected chi connectivity index (χ1v) is 9.39. The molecular formula is C16H20F3N5O3S. The summed E-state index contributed by atoms with van der Waals surface area (Å²) < 4.78 is 47.2. The van der Waals surface area contributed by atoms with Crippen molar-refractivity contribution in [3.05, 3.63) is 24.3 Å². The van der Waals surface area contributed by atoms with Gasteiger partial charge in [0.05, 0.1) is 17.5 Å². The highest BCUT2D eigenvalue weighted by Crippen LogP contribution is 2.24. The number of benzene rings is 1. The predicted molar refractivity (Wildman–Crippen MR) is 95.3 cm³/mol. The zero-order chi connectivity index (χ0) is 20.6. The van der Waals surface area contributed by atoms with Crippen molar-refractivity contribution in [2.24, 2.45) is 0 Å². The van der Waals surface area contributed by atoms with Crippen LogP contribution >= 0.6 is 11.8 Å². The molecular weight excluding hydrogens is 399 g/mol. The summed E-state index contributed by atoms with van der Waals surface area (Å²) in [5, 5.41) is 14.3. The van der Waals surface area contributed by atoms with Crippen molar-refractivity contribution in [3.63, 3.8) is 0 Å². The van der Waals surface area contributed by atoms with Gasteiger partial charge < -0.3 is 14.8 Å². The molecule has 2 rings (SSSR count). The molecule has 0 fully saturated rings. The molecule has 1 aromatic carbocycles. The first-order valence-electron chi connectivity index (χ1n) is 8.40.